The smallest absolute Gasteiger partial charge is 0.257 e. The third kappa shape index (κ3) is 6.54. The second-order valence-corrected chi connectivity index (χ2v) is 4.42. The van der Waals surface area contributed by atoms with Crippen molar-refractivity contribution in [2.45, 2.75) is 19.9 Å². The van der Waals surface area contributed by atoms with Crippen LogP contribution in [0.25, 0.3) is 0 Å². The fourth-order valence-corrected chi connectivity index (χ4v) is 1.65. The fraction of sp³-hybridized carbons (Fsp3) is 0.533. The van der Waals surface area contributed by atoms with Crippen LogP contribution in [0.4, 0.5) is 0 Å². The number of amides is 1. The van der Waals surface area contributed by atoms with Crippen molar-refractivity contribution in [3.05, 3.63) is 29.8 Å². The lowest BCUT2D eigenvalue weighted by Crippen LogP contribution is -2.29. The Kier molecular flexibility index (Phi) is 8.42. The number of benzene rings is 1. The molecule has 0 aliphatic rings. The van der Waals surface area contributed by atoms with Gasteiger partial charge >= 0.3 is 0 Å². The Labute approximate surface area is 120 Å². The van der Waals surface area contributed by atoms with E-state index in [2.05, 4.69) is 10.6 Å². The highest BCUT2D eigenvalue weighted by Crippen LogP contribution is 2.17. The Bertz CT molecular complexity index is 396. The first-order valence-electron chi connectivity index (χ1n) is 6.95. The van der Waals surface area contributed by atoms with Gasteiger partial charge < -0.3 is 20.1 Å². The molecular formula is C15H24N2O3. The van der Waals surface area contributed by atoms with E-state index in [1.54, 1.807) is 7.11 Å². The van der Waals surface area contributed by atoms with E-state index in [1.165, 1.54) is 0 Å². The van der Waals surface area contributed by atoms with Crippen LogP contribution in [-0.4, -0.2) is 39.3 Å². The summed E-state index contributed by atoms with van der Waals surface area (Å²) in [4.78, 5) is 11.5. The van der Waals surface area contributed by atoms with Crippen molar-refractivity contribution in [1.82, 2.24) is 10.6 Å². The maximum absolute atomic E-state index is 11.5. The molecule has 0 unspecified atom stereocenters. The van der Waals surface area contributed by atoms with Crippen LogP contribution >= 0.6 is 0 Å². The van der Waals surface area contributed by atoms with Gasteiger partial charge in [0.05, 0.1) is 6.61 Å². The third-order valence-electron chi connectivity index (χ3n) is 2.70. The Hall–Kier alpha value is -1.59. The van der Waals surface area contributed by atoms with Gasteiger partial charge in [-0.3, -0.25) is 4.79 Å². The van der Waals surface area contributed by atoms with Crippen molar-refractivity contribution in [1.29, 1.82) is 0 Å². The van der Waals surface area contributed by atoms with Crippen LogP contribution < -0.4 is 15.4 Å². The number of rotatable bonds is 10. The predicted molar refractivity (Wildman–Crippen MR) is 78.8 cm³/mol. The number of para-hydroxylation sites is 1. The molecule has 20 heavy (non-hydrogen) atoms. The first-order chi connectivity index (χ1) is 9.77. The largest absolute Gasteiger partial charge is 0.483 e. The number of hydrogen-bond donors (Lipinski definition) is 2. The third-order valence-corrected chi connectivity index (χ3v) is 2.70. The molecule has 0 saturated carbocycles. The first-order valence-corrected chi connectivity index (χ1v) is 6.95. The van der Waals surface area contributed by atoms with Gasteiger partial charge in [0, 0.05) is 32.3 Å². The summed E-state index contributed by atoms with van der Waals surface area (Å²) < 4.78 is 10.5. The summed E-state index contributed by atoms with van der Waals surface area (Å²) in [6.45, 7) is 4.89. The SMILES string of the molecule is CCCNC(=O)COc1ccccc1CNCCOC. The topological polar surface area (TPSA) is 59.6 Å². The normalized spacial score (nSPS) is 10.3. The van der Waals surface area contributed by atoms with Crippen molar-refractivity contribution >= 4 is 5.91 Å². The maximum atomic E-state index is 11.5. The molecule has 0 aliphatic carbocycles. The molecule has 0 aromatic heterocycles. The molecule has 0 atom stereocenters. The number of ether oxygens (including phenoxy) is 2. The molecule has 0 bridgehead atoms. The predicted octanol–water partition coefficient (Wildman–Crippen LogP) is 1.33. The number of methoxy groups -OCH3 is 1. The van der Waals surface area contributed by atoms with Gasteiger partial charge in [-0.05, 0) is 12.5 Å². The van der Waals surface area contributed by atoms with Crippen LogP contribution in [0.5, 0.6) is 5.75 Å². The molecule has 1 aromatic rings. The van der Waals surface area contributed by atoms with Gasteiger partial charge in [0.25, 0.3) is 5.91 Å². The zero-order valence-corrected chi connectivity index (χ0v) is 12.3. The Morgan fingerprint density at radius 2 is 2.05 bits per heavy atom. The highest BCUT2D eigenvalue weighted by molar-refractivity contribution is 5.77. The van der Waals surface area contributed by atoms with Crippen molar-refractivity contribution in [3.8, 4) is 5.75 Å². The van der Waals surface area contributed by atoms with Gasteiger partial charge in [-0.2, -0.15) is 0 Å². The minimum absolute atomic E-state index is 0.0507. The summed E-state index contributed by atoms with van der Waals surface area (Å²) in [5.41, 5.74) is 1.03. The molecule has 0 saturated heterocycles. The van der Waals surface area contributed by atoms with E-state index in [4.69, 9.17) is 9.47 Å². The van der Waals surface area contributed by atoms with E-state index in [0.717, 1.165) is 24.3 Å². The lowest BCUT2D eigenvalue weighted by Gasteiger charge is -2.12. The monoisotopic (exact) mass is 280 g/mol. The Balaban J connectivity index is 2.42. The summed E-state index contributed by atoms with van der Waals surface area (Å²) >= 11 is 0. The van der Waals surface area contributed by atoms with E-state index >= 15 is 0 Å². The number of nitrogens with one attached hydrogen (secondary N) is 2. The maximum Gasteiger partial charge on any atom is 0.257 e. The molecule has 1 aromatic carbocycles. The minimum Gasteiger partial charge on any atom is -0.483 e. The summed E-state index contributed by atoms with van der Waals surface area (Å²) in [7, 11) is 1.67. The van der Waals surface area contributed by atoms with Gasteiger partial charge in [-0.25, -0.2) is 0 Å². The molecule has 2 N–H and O–H groups in total. The van der Waals surface area contributed by atoms with E-state index in [9.17, 15) is 4.79 Å². The number of carbonyl (C=O) groups excluding carboxylic acids is 1. The Morgan fingerprint density at radius 3 is 2.80 bits per heavy atom. The summed E-state index contributed by atoms with van der Waals surface area (Å²) in [6.07, 6.45) is 0.922. The van der Waals surface area contributed by atoms with Crippen molar-refractivity contribution in [3.63, 3.8) is 0 Å². The lowest BCUT2D eigenvalue weighted by molar-refractivity contribution is -0.123. The van der Waals surface area contributed by atoms with E-state index in [0.29, 0.717) is 19.7 Å². The van der Waals surface area contributed by atoms with Crippen molar-refractivity contribution in [2.75, 3.05) is 33.4 Å². The molecule has 0 heterocycles. The molecule has 112 valence electrons. The molecule has 0 radical (unpaired) electrons. The lowest BCUT2D eigenvalue weighted by atomic mass is 10.2. The molecule has 0 aliphatic heterocycles. The van der Waals surface area contributed by atoms with Crippen LogP contribution in [0, 0.1) is 0 Å². The van der Waals surface area contributed by atoms with Gasteiger partial charge in [0.2, 0.25) is 0 Å². The summed E-state index contributed by atoms with van der Waals surface area (Å²) in [5, 5.41) is 6.05. The molecule has 5 heteroatoms. The van der Waals surface area contributed by atoms with Crippen molar-refractivity contribution in [2.24, 2.45) is 0 Å². The zero-order chi connectivity index (χ0) is 14.6. The second-order valence-electron chi connectivity index (χ2n) is 4.42. The standard InChI is InChI=1S/C15H24N2O3/c1-3-8-17-15(18)12-20-14-7-5-4-6-13(14)11-16-9-10-19-2/h4-7,16H,3,8-12H2,1-2H3,(H,17,18). The van der Waals surface area contributed by atoms with Gasteiger partial charge in [-0.1, -0.05) is 25.1 Å². The highest BCUT2D eigenvalue weighted by Gasteiger charge is 2.05. The van der Waals surface area contributed by atoms with E-state index in [1.807, 2.05) is 31.2 Å². The van der Waals surface area contributed by atoms with Gasteiger partial charge in [0.15, 0.2) is 6.61 Å². The molecule has 0 spiro atoms. The van der Waals surface area contributed by atoms with Crippen molar-refractivity contribution < 1.29 is 14.3 Å². The first kappa shape index (κ1) is 16.5. The quantitative estimate of drug-likeness (QED) is 0.635. The van der Waals surface area contributed by atoms with Crippen LogP contribution in [0.15, 0.2) is 24.3 Å². The number of carbonyl (C=O) groups is 1. The van der Waals surface area contributed by atoms with Crippen LogP contribution in [0.2, 0.25) is 0 Å². The van der Waals surface area contributed by atoms with E-state index < -0.39 is 0 Å². The summed E-state index contributed by atoms with van der Waals surface area (Å²) in [5.74, 6) is 0.651. The van der Waals surface area contributed by atoms with Gasteiger partial charge in [-0.15, -0.1) is 0 Å². The van der Waals surface area contributed by atoms with Crippen LogP contribution in [-0.2, 0) is 16.1 Å². The molecule has 5 nitrogen and oxygen atoms in total. The highest BCUT2D eigenvalue weighted by atomic mass is 16.5. The molecule has 1 amide bonds. The number of hydrogen-bond acceptors (Lipinski definition) is 4. The fourth-order valence-electron chi connectivity index (χ4n) is 1.65. The second kappa shape index (κ2) is 10.2. The average molecular weight is 280 g/mol. The molecule has 0 fully saturated rings. The zero-order valence-electron chi connectivity index (χ0n) is 12.3. The van der Waals surface area contributed by atoms with Crippen LogP contribution in [0.1, 0.15) is 18.9 Å². The van der Waals surface area contributed by atoms with Gasteiger partial charge in [0.1, 0.15) is 5.75 Å². The van der Waals surface area contributed by atoms with E-state index in [-0.39, 0.29) is 12.5 Å². The average Bonchev–Trinajstić information content (AvgIpc) is 2.48. The Morgan fingerprint density at radius 1 is 1.25 bits per heavy atom. The summed E-state index contributed by atoms with van der Waals surface area (Å²) in [6, 6.07) is 7.72. The molecule has 1 rings (SSSR count). The van der Waals surface area contributed by atoms with Crippen LogP contribution in [0.3, 0.4) is 0 Å². The minimum atomic E-state index is -0.0889. The molecular weight excluding hydrogens is 256 g/mol.